The third kappa shape index (κ3) is 2.41. The minimum absolute atomic E-state index is 0.477. The van der Waals surface area contributed by atoms with Crippen LogP contribution in [-0.4, -0.2) is 36.1 Å². The molecule has 2 heterocycles. The lowest BCUT2D eigenvalue weighted by Crippen LogP contribution is -2.45. The van der Waals surface area contributed by atoms with E-state index >= 15 is 0 Å². The molecule has 0 amide bonds. The van der Waals surface area contributed by atoms with E-state index in [-0.39, 0.29) is 0 Å². The van der Waals surface area contributed by atoms with Crippen LogP contribution in [0.3, 0.4) is 0 Å². The van der Waals surface area contributed by atoms with Gasteiger partial charge in [0, 0.05) is 30.5 Å². The van der Waals surface area contributed by atoms with Crippen LogP contribution in [0.25, 0.3) is 0 Å². The van der Waals surface area contributed by atoms with Crippen LogP contribution in [0, 0.1) is 0 Å². The molecule has 1 aromatic rings. The molecule has 1 aliphatic rings. The van der Waals surface area contributed by atoms with Gasteiger partial charge in [-0.15, -0.1) is 0 Å². The van der Waals surface area contributed by atoms with Crippen LogP contribution >= 0.6 is 0 Å². The van der Waals surface area contributed by atoms with Crippen LogP contribution in [0.5, 0.6) is 0 Å². The van der Waals surface area contributed by atoms with Crippen molar-refractivity contribution in [3.63, 3.8) is 0 Å². The number of piperidine rings is 1. The van der Waals surface area contributed by atoms with Crippen LogP contribution in [0.1, 0.15) is 31.5 Å². The minimum atomic E-state index is 0.477. The van der Waals surface area contributed by atoms with Crippen molar-refractivity contribution < 1.29 is 0 Å². The van der Waals surface area contributed by atoms with Crippen molar-refractivity contribution in [3.8, 4) is 0 Å². The predicted molar refractivity (Wildman–Crippen MR) is 62.9 cm³/mol. The van der Waals surface area contributed by atoms with E-state index in [0.29, 0.717) is 12.1 Å². The summed E-state index contributed by atoms with van der Waals surface area (Å²) in [6, 6.07) is 5.39. The molecular weight excluding hydrogens is 186 g/mol. The monoisotopic (exact) mass is 207 g/mol. The van der Waals surface area contributed by atoms with Crippen molar-refractivity contribution >= 4 is 0 Å². The molecule has 0 radical (unpaired) electrons. The molecule has 0 unspecified atom stereocenters. The fourth-order valence-electron chi connectivity index (χ4n) is 2.32. The average molecular weight is 207 g/mol. The molecule has 84 valence electrons. The van der Waals surface area contributed by atoms with Crippen LogP contribution < -0.4 is 5.32 Å². The van der Waals surface area contributed by atoms with E-state index in [9.17, 15) is 0 Å². The van der Waals surface area contributed by atoms with Crippen LogP contribution in [0.15, 0.2) is 18.3 Å². The van der Waals surface area contributed by atoms with Crippen molar-refractivity contribution in [1.82, 2.24) is 15.2 Å². The number of hydrogen-bond acceptors (Lipinski definition) is 2. The Morgan fingerprint density at radius 3 is 3.00 bits per heavy atom. The molecule has 3 nitrogen and oxygen atoms in total. The normalized spacial score (nSPS) is 24.3. The van der Waals surface area contributed by atoms with Gasteiger partial charge in [0.15, 0.2) is 0 Å². The fraction of sp³-hybridized carbons (Fsp3) is 0.667. The molecule has 1 aromatic heterocycles. The standard InChI is InChI=1S/C12H21N3/c1-10(12-6-4-8-14-12)15(2)11-5-3-7-13-9-11/h4,6,8,10-11,13-14H,3,5,7,9H2,1-2H3/t10-,11+/m1/s1. The van der Waals surface area contributed by atoms with E-state index in [1.165, 1.54) is 25.1 Å². The zero-order valence-electron chi connectivity index (χ0n) is 9.66. The van der Waals surface area contributed by atoms with Crippen LogP contribution in [0.2, 0.25) is 0 Å². The van der Waals surface area contributed by atoms with Gasteiger partial charge in [-0.25, -0.2) is 0 Å². The molecule has 0 spiro atoms. The molecule has 3 heteroatoms. The number of aromatic nitrogens is 1. The third-order valence-corrected chi connectivity index (χ3v) is 3.53. The van der Waals surface area contributed by atoms with Crippen LogP contribution in [-0.2, 0) is 0 Å². The summed E-state index contributed by atoms with van der Waals surface area (Å²) >= 11 is 0. The summed E-state index contributed by atoms with van der Waals surface area (Å²) in [5, 5.41) is 3.46. The van der Waals surface area contributed by atoms with Gasteiger partial charge < -0.3 is 10.3 Å². The molecule has 1 fully saturated rings. The minimum Gasteiger partial charge on any atom is -0.364 e. The van der Waals surface area contributed by atoms with Crippen molar-refractivity contribution in [2.75, 3.05) is 20.1 Å². The molecule has 0 aromatic carbocycles. The predicted octanol–water partition coefficient (Wildman–Crippen LogP) is 1.76. The molecule has 0 saturated carbocycles. The molecule has 2 atom stereocenters. The molecule has 15 heavy (non-hydrogen) atoms. The number of likely N-dealkylation sites (N-methyl/N-ethyl adjacent to an activating group) is 1. The summed E-state index contributed by atoms with van der Waals surface area (Å²) in [5.74, 6) is 0. The first-order chi connectivity index (χ1) is 7.29. The first-order valence-corrected chi connectivity index (χ1v) is 5.85. The quantitative estimate of drug-likeness (QED) is 0.791. The Labute approximate surface area is 91.9 Å². The van der Waals surface area contributed by atoms with Gasteiger partial charge in [0.2, 0.25) is 0 Å². The zero-order chi connectivity index (χ0) is 10.7. The van der Waals surface area contributed by atoms with Crippen molar-refractivity contribution in [2.24, 2.45) is 0 Å². The maximum absolute atomic E-state index is 3.46. The topological polar surface area (TPSA) is 31.1 Å². The summed E-state index contributed by atoms with van der Waals surface area (Å²) in [6.45, 7) is 4.57. The SMILES string of the molecule is C[C@H](c1ccc[nH]1)N(C)[C@H]1CCCNC1. The van der Waals surface area contributed by atoms with E-state index in [2.05, 4.69) is 41.3 Å². The first-order valence-electron chi connectivity index (χ1n) is 5.85. The van der Waals surface area contributed by atoms with E-state index in [0.717, 1.165) is 6.54 Å². The zero-order valence-corrected chi connectivity index (χ0v) is 9.66. The molecule has 1 aliphatic heterocycles. The van der Waals surface area contributed by atoms with E-state index in [1.807, 2.05) is 6.20 Å². The highest BCUT2D eigenvalue weighted by Crippen LogP contribution is 2.21. The number of nitrogens with one attached hydrogen (secondary N) is 2. The van der Waals surface area contributed by atoms with Gasteiger partial charge in [-0.2, -0.15) is 0 Å². The lowest BCUT2D eigenvalue weighted by molar-refractivity contribution is 0.154. The number of nitrogens with zero attached hydrogens (tertiary/aromatic N) is 1. The summed E-state index contributed by atoms with van der Waals surface area (Å²) in [5.41, 5.74) is 1.31. The van der Waals surface area contributed by atoms with E-state index in [1.54, 1.807) is 0 Å². The van der Waals surface area contributed by atoms with Gasteiger partial charge in [0.05, 0.1) is 0 Å². The van der Waals surface area contributed by atoms with Gasteiger partial charge in [-0.05, 0) is 45.5 Å². The second kappa shape index (κ2) is 4.81. The van der Waals surface area contributed by atoms with E-state index < -0.39 is 0 Å². The highest BCUT2D eigenvalue weighted by Gasteiger charge is 2.22. The van der Waals surface area contributed by atoms with Crippen molar-refractivity contribution in [2.45, 2.75) is 31.8 Å². The highest BCUT2D eigenvalue weighted by molar-refractivity contribution is 5.08. The van der Waals surface area contributed by atoms with Gasteiger partial charge in [-0.3, -0.25) is 4.90 Å². The number of H-pyrrole nitrogens is 1. The fourth-order valence-corrected chi connectivity index (χ4v) is 2.32. The molecule has 0 aliphatic carbocycles. The van der Waals surface area contributed by atoms with Gasteiger partial charge in [0.1, 0.15) is 0 Å². The molecular formula is C12H21N3. The average Bonchev–Trinajstić information content (AvgIpc) is 2.82. The number of aromatic amines is 1. The third-order valence-electron chi connectivity index (χ3n) is 3.53. The molecule has 2 N–H and O–H groups in total. The smallest absolute Gasteiger partial charge is 0.0470 e. The summed E-state index contributed by atoms with van der Waals surface area (Å²) in [7, 11) is 2.23. The van der Waals surface area contributed by atoms with Crippen LogP contribution in [0.4, 0.5) is 0 Å². The second-order valence-electron chi connectivity index (χ2n) is 4.47. The summed E-state index contributed by atoms with van der Waals surface area (Å²) in [6.07, 6.45) is 4.61. The maximum Gasteiger partial charge on any atom is 0.0470 e. The Morgan fingerprint density at radius 1 is 1.53 bits per heavy atom. The Bertz CT molecular complexity index is 275. The number of hydrogen-bond donors (Lipinski definition) is 2. The Kier molecular flexibility index (Phi) is 3.44. The van der Waals surface area contributed by atoms with E-state index in [4.69, 9.17) is 0 Å². The lowest BCUT2D eigenvalue weighted by atomic mass is 10.0. The lowest BCUT2D eigenvalue weighted by Gasteiger charge is -2.35. The maximum atomic E-state index is 3.46. The Balaban J connectivity index is 1.97. The highest BCUT2D eigenvalue weighted by atomic mass is 15.2. The summed E-state index contributed by atoms with van der Waals surface area (Å²) < 4.78 is 0. The first kappa shape index (κ1) is 10.7. The summed E-state index contributed by atoms with van der Waals surface area (Å²) in [4.78, 5) is 5.77. The molecule has 2 rings (SSSR count). The van der Waals surface area contributed by atoms with Crippen molar-refractivity contribution in [1.29, 1.82) is 0 Å². The van der Waals surface area contributed by atoms with Gasteiger partial charge in [0.25, 0.3) is 0 Å². The van der Waals surface area contributed by atoms with Crippen molar-refractivity contribution in [3.05, 3.63) is 24.0 Å². The van der Waals surface area contributed by atoms with Gasteiger partial charge in [-0.1, -0.05) is 0 Å². The largest absolute Gasteiger partial charge is 0.364 e. The number of rotatable bonds is 3. The second-order valence-corrected chi connectivity index (χ2v) is 4.47. The Morgan fingerprint density at radius 2 is 2.40 bits per heavy atom. The molecule has 0 bridgehead atoms. The van der Waals surface area contributed by atoms with Gasteiger partial charge >= 0.3 is 0 Å². The Hall–Kier alpha value is -0.800. The molecule has 1 saturated heterocycles.